The lowest BCUT2D eigenvalue weighted by atomic mass is 10.0. The van der Waals surface area contributed by atoms with Crippen molar-refractivity contribution in [1.82, 2.24) is 5.32 Å². The van der Waals surface area contributed by atoms with Crippen LogP contribution >= 0.6 is 27.5 Å². The molecule has 2 nitrogen and oxygen atoms in total. The van der Waals surface area contributed by atoms with Crippen LogP contribution in [0.4, 0.5) is 0 Å². The number of likely N-dealkylation sites (N-methyl/N-ethyl adjacent to an activating group) is 1. The van der Waals surface area contributed by atoms with Gasteiger partial charge in [-0.15, -0.1) is 0 Å². The van der Waals surface area contributed by atoms with Gasteiger partial charge < -0.3 is 10.1 Å². The summed E-state index contributed by atoms with van der Waals surface area (Å²) in [7, 11) is 0. The van der Waals surface area contributed by atoms with E-state index in [4.69, 9.17) is 16.3 Å². The van der Waals surface area contributed by atoms with Crippen LogP contribution in [0.25, 0.3) is 0 Å². The van der Waals surface area contributed by atoms with Gasteiger partial charge in [0.25, 0.3) is 0 Å². The van der Waals surface area contributed by atoms with E-state index >= 15 is 0 Å². The lowest BCUT2D eigenvalue weighted by molar-refractivity contribution is 0.185. The number of nitrogens with one attached hydrogen (secondary N) is 1. The van der Waals surface area contributed by atoms with E-state index in [0.29, 0.717) is 0 Å². The first-order valence-electron chi connectivity index (χ1n) is 5.56. The van der Waals surface area contributed by atoms with Crippen LogP contribution in [-0.2, 0) is 0 Å². The SMILES string of the molecule is CCNC1c2cc(Cl)cc(Br)c2OC1CC. The largest absolute Gasteiger partial charge is 0.487 e. The van der Waals surface area contributed by atoms with Gasteiger partial charge in [-0.3, -0.25) is 0 Å². The summed E-state index contributed by atoms with van der Waals surface area (Å²) in [5, 5.41) is 4.20. The molecule has 1 aliphatic heterocycles. The van der Waals surface area contributed by atoms with Gasteiger partial charge >= 0.3 is 0 Å². The van der Waals surface area contributed by atoms with E-state index in [-0.39, 0.29) is 12.1 Å². The second-order valence-corrected chi connectivity index (χ2v) is 5.20. The van der Waals surface area contributed by atoms with Crippen LogP contribution in [-0.4, -0.2) is 12.6 Å². The highest BCUT2D eigenvalue weighted by Gasteiger charge is 2.34. The minimum Gasteiger partial charge on any atom is -0.487 e. The topological polar surface area (TPSA) is 21.3 Å². The molecule has 0 fully saturated rings. The average Bonchev–Trinajstić information content (AvgIpc) is 2.58. The number of hydrogen-bond acceptors (Lipinski definition) is 2. The minimum absolute atomic E-state index is 0.199. The molecule has 1 aliphatic rings. The number of ether oxygens (including phenoxy) is 1. The maximum absolute atomic E-state index is 6.07. The van der Waals surface area contributed by atoms with Crippen molar-refractivity contribution in [2.45, 2.75) is 32.4 Å². The van der Waals surface area contributed by atoms with Crippen molar-refractivity contribution in [3.8, 4) is 5.75 Å². The summed E-state index contributed by atoms with van der Waals surface area (Å²) in [6.45, 7) is 5.16. The fourth-order valence-corrected chi connectivity index (χ4v) is 3.06. The molecular weight excluding hydrogens is 289 g/mol. The van der Waals surface area contributed by atoms with Crippen molar-refractivity contribution in [3.63, 3.8) is 0 Å². The van der Waals surface area contributed by atoms with Gasteiger partial charge in [0.15, 0.2) is 0 Å². The molecule has 0 saturated carbocycles. The average molecular weight is 305 g/mol. The van der Waals surface area contributed by atoms with E-state index in [2.05, 4.69) is 35.1 Å². The summed E-state index contributed by atoms with van der Waals surface area (Å²) in [5.41, 5.74) is 1.16. The number of fused-ring (bicyclic) bond motifs is 1. The zero-order valence-corrected chi connectivity index (χ0v) is 11.7. The molecule has 2 rings (SSSR count). The molecule has 1 aromatic carbocycles. The maximum atomic E-state index is 6.07. The minimum atomic E-state index is 0.199. The Hall–Kier alpha value is -0.250. The van der Waals surface area contributed by atoms with Crippen LogP contribution in [0.1, 0.15) is 31.9 Å². The Balaban J connectivity index is 2.41. The molecule has 16 heavy (non-hydrogen) atoms. The van der Waals surface area contributed by atoms with Crippen LogP contribution in [0.2, 0.25) is 5.02 Å². The maximum Gasteiger partial charge on any atom is 0.139 e. The van der Waals surface area contributed by atoms with Crippen molar-refractivity contribution in [1.29, 1.82) is 0 Å². The highest BCUT2D eigenvalue weighted by molar-refractivity contribution is 9.10. The summed E-state index contributed by atoms with van der Waals surface area (Å²) in [6.07, 6.45) is 1.18. The van der Waals surface area contributed by atoms with Gasteiger partial charge in [-0.05, 0) is 41.0 Å². The predicted octanol–water partition coefficient (Wildman–Crippen LogP) is 3.92. The molecule has 1 heterocycles. The summed E-state index contributed by atoms with van der Waals surface area (Å²) in [6, 6.07) is 4.12. The van der Waals surface area contributed by atoms with Gasteiger partial charge in [0.05, 0.1) is 10.5 Å². The first kappa shape index (κ1) is 12.2. The van der Waals surface area contributed by atoms with Crippen molar-refractivity contribution in [2.24, 2.45) is 0 Å². The van der Waals surface area contributed by atoms with Crippen LogP contribution in [0, 0.1) is 0 Å². The second kappa shape index (κ2) is 4.94. The highest BCUT2D eigenvalue weighted by Crippen LogP contribution is 2.44. The quantitative estimate of drug-likeness (QED) is 0.914. The molecule has 0 saturated heterocycles. The lowest BCUT2D eigenvalue weighted by Crippen LogP contribution is -2.30. The number of halogens is 2. The molecule has 4 heteroatoms. The van der Waals surface area contributed by atoms with Crippen LogP contribution in [0.15, 0.2) is 16.6 Å². The molecule has 0 spiro atoms. The van der Waals surface area contributed by atoms with Crippen molar-refractivity contribution in [2.75, 3.05) is 6.54 Å². The van der Waals surface area contributed by atoms with E-state index in [9.17, 15) is 0 Å². The Kier molecular flexibility index (Phi) is 3.77. The van der Waals surface area contributed by atoms with Gasteiger partial charge in [0, 0.05) is 10.6 Å². The van der Waals surface area contributed by atoms with Crippen LogP contribution in [0.5, 0.6) is 5.75 Å². The Morgan fingerprint density at radius 3 is 2.81 bits per heavy atom. The van der Waals surface area contributed by atoms with Crippen LogP contribution in [0.3, 0.4) is 0 Å². The zero-order chi connectivity index (χ0) is 11.7. The fraction of sp³-hybridized carbons (Fsp3) is 0.500. The Bertz CT molecular complexity index is 397. The monoisotopic (exact) mass is 303 g/mol. The van der Waals surface area contributed by atoms with E-state index < -0.39 is 0 Å². The predicted molar refractivity (Wildman–Crippen MR) is 70.3 cm³/mol. The Morgan fingerprint density at radius 1 is 1.44 bits per heavy atom. The van der Waals surface area contributed by atoms with Gasteiger partial charge in [0.1, 0.15) is 11.9 Å². The summed E-state index contributed by atoms with van der Waals surface area (Å²) in [5.74, 6) is 0.933. The van der Waals surface area contributed by atoms with E-state index in [1.54, 1.807) is 0 Å². The molecule has 1 N–H and O–H groups in total. The highest BCUT2D eigenvalue weighted by atomic mass is 79.9. The molecule has 1 aromatic rings. The summed E-state index contributed by atoms with van der Waals surface area (Å²) in [4.78, 5) is 0. The third kappa shape index (κ3) is 2.08. The van der Waals surface area contributed by atoms with E-state index in [1.165, 1.54) is 0 Å². The van der Waals surface area contributed by atoms with Crippen molar-refractivity contribution in [3.05, 3.63) is 27.2 Å². The molecule has 0 aliphatic carbocycles. The normalized spacial score (nSPS) is 23.0. The van der Waals surface area contributed by atoms with Crippen molar-refractivity contribution >= 4 is 27.5 Å². The summed E-state index contributed by atoms with van der Waals surface area (Å²) >= 11 is 9.57. The first-order chi connectivity index (χ1) is 7.67. The Labute approximate surface area is 109 Å². The smallest absolute Gasteiger partial charge is 0.139 e. The van der Waals surface area contributed by atoms with E-state index in [0.717, 1.165) is 33.8 Å². The zero-order valence-electron chi connectivity index (χ0n) is 9.39. The molecule has 2 atom stereocenters. The van der Waals surface area contributed by atoms with Crippen LogP contribution < -0.4 is 10.1 Å². The molecule has 0 radical (unpaired) electrons. The van der Waals surface area contributed by atoms with Gasteiger partial charge in [-0.25, -0.2) is 0 Å². The first-order valence-corrected chi connectivity index (χ1v) is 6.73. The second-order valence-electron chi connectivity index (χ2n) is 3.91. The van der Waals surface area contributed by atoms with Gasteiger partial charge in [-0.2, -0.15) is 0 Å². The standard InChI is InChI=1S/C12H15BrClNO/c1-3-10-11(15-4-2)8-5-7(14)6-9(13)12(8)16-10/h5-6,10-11,15H,3-4H2,1-2H3. The lowest BCUT2D eigenvalue weighted by Gasteiger charge is -2.17. The molecule has 0 aromatic heterocycles. The third-order valence-electron chi connectivity index (χ3n) is 2.84. The fourth-order valence-electron chi connectivity index (χ4n) is 2.14. The number of benzene rings is 1. The summed E-state index contributed by atoms with van der Waals surface area (Å²) < 4.78 is 6.88. The Morgan fingerprint density at radius 2 is 2.19 bits per heavy atom. The van der Waals surface area contributed by atoms with E-state index in [1.807, 2.05) is 12.1 Å². The van der Waals surface area contributed by atoms with Crippen molar-refractivity contribution < 1.29 is 4.74 Å². The molecule has 2 unspecified atom stereocenters. The number of rotatable bonds is 3. The number of hydrogen-bond donors (Lipinski definition) is 1. The molecule has 0 bridgehead atoms. The van der Waals surface area contributed by atoms with Gasteiger partial charge in [-0.1, -0.05) is 25.4 Å². The molecular formula is C12H15BrClNO. The third-order valence-corrected chi connectivity index (χ3v) is 3.65. The molecule has 88 valence electrons. The van der Waals surface area contributed by atoms with Gasteiger partial charge in [0.2, 0.25) is 0 Å². The molecule has 0 amide bonds.